The van der Waals surface area contributed by atoms with Crippen molar-refractivity contribution in [2.75, 3.05) is 18.4 Å². The summed E-state index contributed by atoms with van der Waals surface area (Å²) in [6.07, 6.45) is 0.811. The fourth-order valence-corrected chi connectivity index (χ4v) is 2.39. The lowest BCUT2D eigenvalue weighted by atomic mass is 10.4. The van der Waals surface area contributed by atoms with Gasteiger partial charge in [0.1, 0.15) is 0 Å². The van der Waals surface area contributed by atoms with E-state index in [1.807, 2.05) is 13.8 Å². The molecule has 0 bridgehead atoms. The van der Waals surface area contributed by atoms with Crippen molar-refractivity contribution >= 4 is 17.1 Å². The minimum atomic E-state index is -0.343. The van der Waals surface area contributed by atoms with Gasteiger partial charge < -0.3 is 15.6 Å². The first-order valence-electron chi connectivity index (χ1n) is 7.20. The maximum absolute atomic E-state index is 12.4. The van der Waals surface area contributed by atoms with Crippen LogP contribution in [0.5, 0.6) is 0 Å². The molecule has 0 radical (unpaired) electrons. The zero-order chi connectivity index (χ0) is 15.6. The average molecular weight is 294 g/mol. The zero-order valence-electron chi connectivity index (χ0n) is 12.7. The number of nitrogens with one attached hydrogen (secondary N) is 1. The number of hydrogen-bond donors (Lipinski definition) is 2. The SMILES string of the molecule is CCn1c(NCCCN)nc2c1c(=O)n(C)c(=O)n2CC. The monoisotopic (exact) mass is 294 g/mol. The number of nitrogens with two attached hydrogens (primary N) is 1. The minimum absolute atomic E-state index is 0.319. The lowest BCUT2D eigenvalue weighted by molar-refractivity contribution is 0.649. The molecule has 0 saturated carbocycles. The van der Waals surface area contributed by atoms with Gasteiger partial charge in [0.15, 0.2) is 11.2 Å². The minimum Gasteiger partial charge on any atom is -0.356 e. The first-order chi connectivity index (χ1) is 10.1. The van der Waals surface area contributed by atoms with Gasteiger partial charge in [0.25, 0.3) is 5.56 Å². The maximum atomic E-state index is 12.4. The van der Waals surface area contributed by atoms with E-state index in [4.69, 9.17) is 5.73 Å². The lowest BCUT2D eigenvalue weighted by Crippen LogP contribution is -2.38. The van der Waals surface area contributed by atoms with E-state index in [1.165, 1.54) is 11.6 Å². The Kier molecular flexibility index (Phi) is 4.46. The predicted octanol–water partition coefficient (Wildman–Crippen LogP) is -0.303. The molecule has 8 nitrogen and oxygen atoms in total. The van der Waals surface area contributed by atoms with Gasteiger partial charge in [-0.1, -0.05) is 0 Å². The van der Waals surface area contributed by atoms with Gasteiger partial charge in [0.05, 0.1) is 0 Å². The summed E-state index contributed by atoms with van der Waals surface area (Å²) >= 11 is 0. The number of anilines is 1. The van der Waals surface area contributed by atoms with Crippen molar-refractivity contribution in [1.82, 2.24) is 18.7 Å². The van der Waals surface area contributed by atoms with Crippen LogP contribution in [-0.2, 0) is 20.1 Å². The van der Waals surface area contributed by atoms with E-state index in [1.54, 1.807) is 4.57 Å². The molecular formula is C13H22N6O2. The Hall–Kier alpha value is -2.09. The first kappa shape index (κ1) is 15.3. The molecule has 0 aliphatic rings. The Bertz CT molecular complexity index is 755. The van der Waals surface area contributed by atoms with Gasteiger partial charge in [0.2, 0.25) is 5.95 Å². The second-order valence-electron chi connectivity index (χ2n) is 4.81. The van der Waals surface area contributed by atoms with Gasteiger partial charge in [-0.2, -0.15) is 4.98 Å². The summed E-state index contributed by atoms with van der Waals surface area (Å²) < 4.78 is 4.44. The summed E-state index contributed by atoms with van der Waals surface area (Å²) in [5, 5.41) is 3.18. The standard InChI is InChI=1S/C13H22N6O2/c1-4-18-9-10(16-12(18)15-8-6-7-14)19(5-2)13(21)17(3)11(9)20/h4-8,14H2,1-3H3,(H,15,16). The highest BCUT2D eigenvalue weighted by atomic mass is 16.2. The molecule has 3 N–H and O–H groups in total. The van der Waals surface area contributed by atoms with Crippen molar-refractivity contribution in [2.45, 2.75) is 33.4 Å². The summed E-state index contributed by atoms with van der Waals surface area (Å²) in [5.74, 6) is 0.603. The quantitative estimate of drug-likeness (QED) is 0.712. The summed E-state index contributed by atoms with van der Waals surface area (Å²) in [5.41, 5.74) is 5.71. The molecule has 2 aromatic rings. The van der Waals surface area contributed by atoms with Crippen LogP contribution < -0.4 is 22.3 Å². The number of hydrogen-bond acceptors (Lipinski definition) is 5. The molecule has 2 rings (SSSR count). The Morgan fingerprint density at radius 3 is 2.43 bits per heavy atom. The van der Waals surface area contributed by atoms with Gasteiger partial charge in [-0.05, 0) is 26.8 Å². The number of imidazole rings is 1. The van der Waals surface area contributed by atoms with Crippen molar-refractivity contribution < 1.29 is 0 Å². The van der Waals surface area contributed by atoms with Crippen molar-refractivity contribution in [3.05, 3.63) is 20.8 Å². The second kappa shape index (κ2) is 6.13. The molecule has 0 fully saturated rings. The molecule has 2 heterocycles. The average Bonchev–Trinajstić information content (AvgIpc) is 2.84. The Morgan fingerprint density at radius 2 is 1.86 bits per heavy atom. The zero-order valence-corrected chi connectivity index (χ0v) is 12.7. The number of rotatable bonds is 6. The summed E-state index contributed by atoms with van der Waals surface area (Å²) in [6, 6.07) is 0. The highest BCUT2D eigenvalue weighted by Crippen LogP contribution is 2.15. The van der Waals surface area contributed by atoms with Crippen LogP contribution in [0.15, 0.2) is 9.59 Å². The molecule has 0 aliphatic heterocycles. The molecule has 0 aromatic carbocycles. The number of aromatic nitrogens is 4. The van der Waals surface area contributed by atoms with Crippen LogP contribution in [0.1, 0.15) is 20.3 Å². The van der Waals surface area contributed by atoms with Gasteiger partial charge in [-0.25, -0.2) is 4.79 Å². The summed E-state index contributed by atoms with van der Waals surface area (Å²) in [6.45, 7) is 6.12. The van der Waals surface area contributed by atoms with E-state index >= 15 is 0 Å². The van der Waals surface area contributed by atoms with E-state index < -0.39 is 0 Å². The van der Waals surface area contributed by atoms with Crippen molar-refractivity contribution in [3.8, 4) is 0 Å². The van der Waals surface area contributed by atoms with Crippen LogP contribution in [0.25, 0.3) is 11.2 Å². The molecule has 0 saturated heterocycles. The third-order valence-electron chi connectivity index (χ3n) is 3.53. The molecule has 116 valence electrons. The van der Waals surface area contributed by atoms with Crippen LogP contribution in [-0.4, -0.2) is 31.8 Å². The summed E-state index contributed by atoms with van der Waals surface area (Å²) in [7, 11) is 1.49. The fraction of sp³-hybridized carbons (Fsp3) is 0.615. The number of fused-ring (bicyclic) bond motifs is 1. The Balaban J connectivity index is 2.72. The predicted molar refractivity (Wildman–Crippen MR) is 82.7 cm³/mol. The van der Waals surface area contributed by atoms with Gasteiger partial charge in [-0.15, -0.1) is 0 Å². The molecule has 0 unspecified atom stereocenters. The van der Waals surface area contributed by atoms with Crippen molar-refractivity contribution in [3.63, 3.8) is 0 Å². The molecule has 21 heavy (non-hydrogen) atoms. The van der Waals surface area contributed by atoms with E-state index in [9.17, 15) is 9.59 Å². The molecule has 0 aliphatic carbocycles. The van der Waals surface area contributed by atoms with Gasteiger partial charge in [0, 0.05) is 26.7 Å². The van der Waals surface area contributed by atoms with Gasteiger partial charge >= 0.3 is 5.69 Å². The highest BCUT2D eigenvalue weighted by Gasteiger charge is 2.18. The number of nitrogens with zero attached hydrogens (tertiary/aromatic N) is 4. The lowest BCUT2D eigenvalue weighted by Gasteiger charge is -2.08. The number of aryl methyl sites for hydroxylation is 2. The van der Waals surface area contributed by atoms with E-state index in [-0.39, 0.29) is 11.2 Å². The van der Waals surface area contributed by atoms with E-state index in [0.29, 0.717) is 43.3 Å². The largest absolute Gasteiger partial charge is 0.356 e. The fourth-order valence-electron chi connectivity index (χ4n) is 2.39. The van der Waals surface area contributed by atoms with E-state index in [2.05, 4.69) is 10.3 Å². The van der Waals surface area contributed by atoms with Crippen LogP contribution in [0.2, 0.25) is 0 Å². The van der Waals surface area contributed by atoms with Crippen LogP contribution >= 0.6 is 0 Å². The summed E-state index contributed by atoms with van der Waals surface area (Å²) in [4.78, 5) is 29.0. The first-order valence-corrected chi connectivity index (χ1v) is 7.20. The molecular weight excluding hydrogens is 272 g/mol. The topological polar surface area (TPSA) is 99.9 Å². The normalized spacial score (nSPS) is 11.2. The van der Waals surface area contributed by atoms with E-state index in [0.717, 1.165) is 11.0 Å². The van der Waals surface area contributed by atoms with Gasteiger partial charge in [-0.3, -0.25) is 13.9 Å². The maximum Gasteiger partial charge on any atom is 0.332 e. The third kappa shape index (κ3) is 2.46. The molecule has 0 spiro atoms. The Morgan fingerprint density at radius 1 is 1.19 bits per heavy atom. The van der Waals surface area contributed by atoms with Crippen LogP contribution in [0.4, 0.5) is 5.95 Å². The smallest absolute Gasteiger partial charge is 0.332 e. The van der Waals surface area contributed by atoms with Crippen LogP contribution in [0.3, 0.4) is 0 Å². The molecule has 8 heteroatoms. The Labute approximate surface area is 122 Å². The molecule has 0 amide bonds. The molecule has 2 aromatic heterocycles. The van der Waals surface area contributed by atoms with Crippen molar-refractivity contribution in [2.24, 2.45) is 12.8 Å². The van der Waals surface area contributed by atoms with Crippen LogP contribution in [0, 0.1) is 0 Å². The molecule has 0 atom stereocenters. The third-order valence-corrected chi connectivity index (χ3v) is 3.53. The van der Waals surface area contributed by atoms with Crippen molar-refractivity contribution in [1.29, 1.82) is 0 Å². The second-order valence-corrected chi connectivity index (χ2v) is 4.81. The highest BCUT2D eigenvalue weighted by molar-refractivity contribution is 5.74.